The number of piperidine rings is 1. The number of likely N-dealkylation sites (tertiary alicyclic amines) is 1. The van der Waals surface area contributed by atoms with Crippen LogP contribution in [0.1, 0.15) is 67.1 Å². The van der Waals surface area contributed by atoms with E-state index < -0.39 is 0 Å². The van der Waals surface area contributed by atoms with Crippen molar-refractivity contribution in [2.24, 2.45) is 5.92 Å². The number of H-pyrrole nitrogens is 1. The number of benzene rings is 1. The lowest BCUT2D eigenvalue weighted by atomic mass is 9.94. The summed E-state index contributed by atoms with van der Waals surface area (Å²) in [5, 5.41) is 1.22. The van der Waals surface area contributed by atoms with Crippen LogP contribution >= 0.6 is 0 Å². The van der Waals surface area contributed by atoms with Gasteiger partial charge in [0.2, 0.25) is 5.91 Å². The molecule has 0 unspecified atom stereocenters. The van der Waals surface area contributed by atoms with Crippen LogP contribution in [0.15, 0.2) is 18.2 Å². The standard InChI is InChI=1S/C24H33N3O2/c1-3-4-13-26(2)23(28)17-11-14-27(15-12-17)24(29)18-9-10-22-20(16-18)19-7-5-6-8-21(19)25-22/h9-10,16-17,25H,3-8,11-15H2,1-2H3. The molecule has 156 valence electrons. The highest BCUT2D eigenvalue weighted by Crippen LogP contribution is 2.30. The normalized spacial score (nSPS) is 17.4. The molecule has 0 saturated carbocycles. The number of hydrogen-bond acceptors (Lipinski definition) is 2. The molecule has 1 aromatic heterocycles. The van der Waals surface area contributed by atoms with E-state index >= 15 is 0 Å². The molecule has 1 aromatic carbocycles. The van der Waals surface area contributed by atoms with Crippen molar-refractivity contribution in [1.29, 1.82) is 0 Å². The van der Waals surface area contributed by atoms with Crippen molar-refractivity contribution >= 4 is 22.7 Å². The summed E-state index contributed by atoms with van der Waals surface area (Å²) in [6.45, 7) is 4.30. The van der Waals surface area contributed by atoms with Crippen molar-refractivity contribution in [3.05, 3.63) is 35.0 Å². The summed E-state index contributed by atoms with van der Waals surface area (Å²) in [6.07, 6.45) is 8.36. The summed E-state index contributed by atoms with van der Waals surface area (Å²) in [6, 6.07) is 6.08. The molecule has 1 aliphatic carbocycles. The zero-order valence-corrected chi connectivity index (χ0v) is 17.8. The van der Waals surface area contributed by atoms with Crippen LogP contribution in [-0.2, 0) is 17.6 Å². The fourth-order valence-corrected chi connectivity index (χ4v) is 4.87. The van der Waals surface area contributed by atoms with Gasteiger partial charge in [-0.1, -0.05) is 13.3 Å². The number of fused-ring (bicyclic) bond motifs is 3. The van der Waals surface area contributed by atoms with Crippen LogP contribution < -0.4 is 0 Å². The maximum absolute atomic E-state index is 13.1. The quantitative estimate of drug-likeness (QED) is 0.826. The molecule has 2 aromatic rings. The zero-order chi connectivity index (χ0) is 20.4. The lowest BCUT2D eigenvalue weighted by Crippen LogP contribution is -2.43. The van der Waals surface area contributed by atoms with Crippen molar-refractivity contribution in [1.82, 2.24) is 14.8 Å². The highest BCUT2D eigenvalue weighted by molar-refractivity contribution is 5.99. The van der Waals surface area contributed by atoms with Crippen LogP contribution in [-0.4, -0.2) is 53.3 Å². The molecular formula is C24H33N3O2. The first kappa shape index (κ1) is 20.0. The molecule has 1 aliphatic heterocycles. The molecule has 1 fully saturated rings. The lowest BCUT2D eigenvalue weighted by molar-refractivity contribution is -0.135. The number of aromatic amines is 1. The zero-order valence-electron chi connectivity index (χ0n) is 17.8. The molecule has 1 saturated heterocycles. The number of aryl methyl sites for hydroxylation is 2. The maximum Gasteiger partial charge on any atom is 0.253 e. The number of rotatable bonds is 5. The summed E-state index contributed by atoms with van der Waals surface area (Å²) in [4.78, 5) is 33.1. The Hall–Kier alpha value is -2.30. The Morgan fingerprint density at radius 1 is 1.17 bits per heavy atom. The largest absolute Gasteiger partial charge is 0.358 e. The first-order chi connectivity index (χ1) is 14.1. The second-order valence-electron chi connectivity index (χ2n) is 8.73. The number of carbonyl (C=O) groups excluding carboxylic acids is 2. The third kappa shape index (κ3) is 4.05. The van der Waals surface area contributed by atoms with E-state index in [0.29, 0.717) is 13.1 Å². The van der Waals surface area contributed by atoms with Crippen molar-refractivity contribution in [3.63, 3.8) is 0 Å². The van der Waals surface area contributed by atoms with Gasteiger partial charge in [-0.3, -0.25) is 9.59 Å². The first-order valence-corrected chi connectivity index (χ1v) is 11.3. The van der Waals surface area contributed by atoms with Gasteiger partial charge in [0, 0.05) is 54.8 Å². The van der Waals surface area contributed by atoms with Gasteiger partial charge >= 0.3 is 0 Å². The molecule has 5 nitrogen and oxygen atoms in total. The third-order valence-corrected chi connectivity index (χ3v) is 6.70. The fraction of sp³-hybridized carbons (Fsp3) is 0.583. The van der Waals surface area contributed by atoms with Crippen LogP contribution in [0.3, 0.4) is 0 Å². The average Bonchev–Trinajstić information content (AvgIpc) is 3.14. The van der Waals surface area contributed by atoms with E-state index in [0.717, 1.165) is 56.1 Å². The number of nitrogens with one attached hydrogen (secondary N) is 1. The van der Waals surface area contributed by atoms with Crippen LogP contribution in [0.2, 0.25) is 0 Å². The first-order valence-electron chi connectivity index (χ1n) is 11.3. The van der Waals surface area contributed by atoms with Gasteiger partial charge in [0.1, 0.15) is 0 Å². The van der Waals surface area contributed by atoms with Crippen molar-refractivity contribution in [3.8, 4) is 0 Å². The van der Waals surface area contributed by atoms with Gasteiger partial charge in [-0.25, -0.2) is 0 Å². The second kappa shape index (κ2) is 8.60. The van der Waals surface area contributed by atoms with Gasteiger partial charge in [0.15, 0.2) is 0 Å². The Morgan fingerprint density at radius 2 is 1.93 bits per heavy atom. The van der Waals surface area contributed by atoms with Crippen molar-refractivity contribution in [2.45, 2.75) is 58.3 Å². The number of amides is 2. The SMILES string of the molecule is CCCCN(C)C(=O)C1CCN(C(=O)c2ccc3[nH]c4c(c3c2)CCCC4)CC1. The van der Waals surface area contributed by atoms with E-state index in [9.17, 15) is 9.59 Å². The van der Waals surface area contributed by atoms with E-state index in [1.54, 1.807) is 0 Å². The van der Waals surface area contributed by atoms with Crippen LogP contribution in [0, 0.1) is 5.92 Å². The Morgan fingerprint density at radius 3 is 2.69 bits per heavy atom. The lowest BCUT2D eigenvalue weighted by Gasteiger charge is -2.33. The van der Waals surface area contributed by atoms with Crippen LogP contribution in [0.4, 0.5) is 0 Å². The van der Waals surface area contributed by atoms with Gasteiger partial charge in [0.25, 0.3) is 5.91 Å². The molecule has 2 aliphatic rings. The molecule has 0 spiro atoms. The van der Waals surface area contributed by atoms with E-state index in [1.165, 1.54) is 29.5 Å². The van der Waals surface area contributed by atoms with E-state index in [2.05, 4.69) is 24.0 Å². The minimum absolute atomic E-state index is 0.0556. The maximum atomic E-state index is 13.1. The van der Waals surface area contributed by atoms with Crippen molar-refractivity contribution in [2.75, 3.05) is 26.7 Å². The molecule has 4 rings (SSSR count). The van der Waals surface area contributed by atoms with Gasteiger partial charge in [-0.2, -0.15) is 0 Å². The fourth-order valence-electron chi connectivity index (χ4n) is 4.87. The molecule has 2 heterocycles. The molecule has 29 heavy (non-hydrogen) atoms. The average molecular weight is 396 g/mol. The molecule has 5 heteroatoms. The second-order valence-corrected chi connectivity index (χ2v) is 8.73. The minimum atomic E-state index is 0.0556. The minimum Gasteiger partial charge on any atom is -0.358 e. The van der Waals surface area contributed by atoms with E-state index in [1.807, 2.05) is 22.9 Å². The monoisotopic (exact) mass is 395 g/mol. The van der Waals surface area contributed by atoms with Gasteiger partial charge < -0.3 is 14.8 Å². The molecule has 0 radical (unpaired) electrons. The molecular weight excluding hydrogens is 362 g/mol. The number of hydrogen-bond donors (Lipinski definition) is 1. The molecule has 0 atom stereocenters. The van der Waals surface area contributed by atoms with Gasteiger partial charge in [0.05, 0.1) is 0 Å². The predicted octanol–water partition coefficient (Wildman–Crippen LogP) is 4.16. The molecule has 1 N–H and O–H groups in total. The van der Waals surface area contributed by atoms with Crippen molar-refractivity contribution < 1.29 is 9.59 Å². The smallest absolute Gasteiger partial charge is 0.253 e. The number of unbranched alkanes of at least 4 members (excludes halogenated alkanes) is 1. The Kier molecular flexibility index (Phi) is 5.93. The highest BCUT2D eigenvalue weighted by atomic mass is 16.2. The summed E-state index contributed by atoms with van der Waals surface area (Å²) in [5.74, 6) is 0.397. The molecule has 0 bridgehead atoms. The van der Waals surface area contributed by atoms with E-state index in [-0.39, 0.29) is 17.7 Å². The summed E-state index contributed by atoms with van der Waals surface area (Å²) >= 11 is 0. The molecule has 2 amide bonds. The van der Waals surface area contributed by atoms with Crippen LogP contribution in [0.5, 0.6) is 0 Å². The summed E-state index contributed by atoms with van der Waals surface area (Å²) in [7, 11) is 1.91. The Balaban J connectivity index is 1.41. The number of carbonyl (C=O) groups is 2. The Bertz CT molecular complexity index is 893. The highest BCUT2D eigenvalue weighted by Gasteiger charge is 2.29. The van der Waals surface area contributed by atoms with Crippen LogP contribution in [0.25, 0.3) is 10.9 Å². The topological polar surface area (TPSA) is 56.4 Å². The predicted molar refractivity (Wildman–Crippen MR) is 116 cm³/mol. The van der Waals surface area contributed by atoms with Gasteiger partial charge in [-0.15, -0.1) is 0 Å². The summed E-state index contributed by atoms with van der Waals surface area (Å²) in [5.41, 5.74) is 4.67. The van der Waals surface area contributed by atoms with E-state index in [4.69, 9.17) is 0 Å². The van der Waals surface area contributed by atoms with Gasteiger partial charge in [-0.05, 0) is 68.7 Å². The number of aromatic nitrogens is 1. The summed E-state index contributed by atoms with van der Waals surface area (Å²) < 4.78 is 0. The third-order valence-electron chi connectivity index (χ3n) is 6.70. The number of nitrogens with zero attached hydrogens (tertiary/aromatic N) is 2. The Labute approximate surface area is 173 Å².